The van der Waals surface area contributed by atoms with Gasteiger partial charge in [0.1, 0.15) is 5.76 Å². The lowest BCUT2D eigenvalue weighted by atomic mass is 9.97. The van der Waals surface area contributed by atoms with E-state index in [9.17, 15) is 4.79 Å². The zero-order chi connectivity index (χ0) is 18.2. The van der Waals surface area contributed by atoms with Crippen molar-refractivity contribution < 1.29 is 9.21 Å². The molecule has 0 unspecified atom stereocenters. The molecule has 0 bridgehead atoms. The minimum Gasteiger partial charge on any atom is -0.455 e. The number of hydrogen-bond acceptors (Lipinski definition) is 3. The fraction of sp³-hybridized carbons (Fsp3) is 0.476. The maximum Gasteiger partial charge on any atom is 0.287 e. The molecule has 1 N–H and O–H groups in total. The summed E-state index contributed by atoms with van der Waals surface area (Å²) >= 11 is 7.76. The van der Waals surface area contributed by atoms with Crippen molar-refractivity contribution >= 4 is 29.3 Å². The van der Waals surface area contributed by atoms with Crippen molar-refractivity contribution in [1.29, 1.82) is 0 Å². The van der Waals surface area contributed by atoms with Gasteiger partial charge < -0.3 is 9.73 Å². The Morgan fingerprint density at radius 1 is 1.08 bits per heavy atom. The van der Waals surface area contributed by atoms with Gasteiger partial charge in [-0.05, 0) is 42.7 Å². The normalized spacial score (nSPS) is 16.0. The van der Waals surface area contributed by atoms with E-state index in [4.69, 9.17) is 16.0 Å². The molecule has 0 radical (unpaired) electrons. The number of benzene rings is 1. The van der Waals surface area contributed by atoms with Crippen molar-refractivity contribution in [2.45, 2.75) is 62.5 Å². The average molecular weight is 392 g/mol. The molecule has 3 rings (SSSR count). The number of carbonyl (C=O) groups is 1. The molecule has 2 aromatic rings. The van der Waals surface area contributed by atoms with Gasteiger partial charge >= 0.3 is 0 Å². The van der Waals surface area contributed by atoms with Gasteiger partial charge in [0, 0.05) is 16.8 Å². The molecule has 1 aromatic heterocycles. The molecule has 0 atom stereocenters. The topological polar surface area (TPSA) is 42.2 Å². The molecular formula is C21H26ClNO2S. The minimum absolute atomic E-state index is 0.0818. The molecule has 3 nitrogen and oxygen atoms in total. The Balaban J connectivity index is 1.46. The van der Waals surface area contributed by atoms with E-state index in [1.807, 2.05) is 24.3 Å². The molecule has 1 fully saturated rings. The van der Waals surface area contributed by atoms with Gasteiger partial charge in [-0.1, -0.05) is 55.8 Å². The van der Waals surface area contributed by atoms with Crippen LogP contribution in [0.3, 0.4) is 0 Å². The van der Waals surface area contributed by atoms with Crippen LogP contribution < -0.4 is 5.32 Å². The van der Waals surface area contributed by atoms with Gasteiger partial charge in [0.15, 0.2) is 5.76 Å². The lowest BCUT2D eigenvalue weighted by molar-refractivity contribution is 0.0901. The maximum absolute atomic E-state index is 12.4. The van der Waals surface area contributed by atoms with E-state index in [0.717, 1.165) is 35.1 Å². The highest BCUT2D eigenvalue weighted by Crippen LogP contribution is 2.22. The molecular weight excluding hydrogens is 366 g/mol. The summed E-state index contributed by atoms with van der Waals surface area (Å²) in [5, 5.41) is 3.91. The molecule has 1 aliphatic rings. The number of nitrogens with one attached hydrogen (secondary N) is 1. The van der Waals surface area contributed by atoms with Crippen molar-refractivity contribution in [3.63, 3.8) is 0 Å². The van der Waals surface area contributed by atoms with E-state index >= 15 is 0 Å². The third kappa shape index (κ3) is 6.10. The SMILES string of the molecule is O=C(NC1CCCCCCC1)c1ccc(CSCc2cccc(Cl)c2)o1. The fourth-order valence-electron chi connectivity index (χ4n) is 3.33. The van der Waals surface area contributed by atoms with Crippen LogP contribution in [0, 0.1) is 0 Å². The second kappa shape index (κ2) is 10.1. The van der Waals surface area contributed by atoms with Crippen LogP contribution in [-0.4, -0.2) is 11.9 Å². The highest BCUT2D eigenvalue weighted by molar-refractivity contribution is 7.97. The number of furan rings is 1. The van der Waals surface area contributed by atoms with Crippen LogP contribution in [0.4, 0.5) is 0 Å². The summed E-state index contributed by atoms with van der Waals surface area (Å²) in [6.45, 7) is 0. The minimum atomic E-state index is -0.0818. The number of carbonyl (C=O) groups excluding carboxylic acids is 1. The number of rotatable bonds is 6. The second-order valence-corrected chi connectivity index (χ2v) is 8.33. The lowest BCUT2D eigenvalue weighted by Gasteiger charge is -2.20. The summed E-state index contributed by atoms with van der Waals surface area (Å²) < 4.78 is 5.75. The molecule has 5 heteroatoms. The Labute approximate surface area is 164 Å². The van der Waals surface area contributed by atoms with Gasteiger partial charge in [-0.25, -0.2) is 0 Å². The van der Waals surface area contributed by atoms with Crippen molar-refractivity contribution in [1.82, 2.24) is 5.32 Å². The third-order valence-electron chi connectivity index (χ3n) is 4.73. The molecule has 140 valence electrons. The van der Waals surface area contributed by atoms with Crippen LogP contribution in [0.15, 0.2) is 40.8 Å². The van der Waals surface area contributed by atoms with Crippen LogP contribution in [0.5, 0.6) is 0 Å². The zero-order valence-corrected chi connectivity index (χ0v) is 16.6. The summed E-state index contributed by atoms with van der Waals surface area (Å²) in [4.78, 5) is 12.4. The summed E-state index contributed by atoms with van der Waals surface area (Å²) in [6.07, 6.45) is 8.45. The quantitative estimate of drug-likeness (QED) is 0.636. The summed E-state index contributed by atoms with van der Waals surface area (Å²) in [5.74, 6) is 2.78. The van der Waals surface area contributed by atoms with E-state index in [-0.39, 0.29) is 11.9 Å². The first-order chi connectivity index (χ1) is 12.7. The molecule has 0 aliphatic heterocycles. The number of hydrogen-bond donors (Lipinski definition) is 1. The largest absolute Gasteiger partial charge is 0.455 e. The standard InChI is InChI=1S/C21H26ClNO2S/c22-17-8-6-7-16(13-17)14-26-15-19-11-12-20(25-19)21(24)23-18-9-4-2-1-3-5-10-18/h6-8,11-13,18H,1-5,9-10,14-15H2,(H,23,24). The van der Waals surface area contributed by atoms with Crippen molar-refractivity contribution in [2.24, 2.45) is 0 Å². The first-order valence-electron chi connectivity index (χ1n) is 9.42. The van der Waals surface area contributed by atoms with Gasteiger partial charge in [-0.3, -0.25) is 4.79 Å². The Kier molecular flexibility index (Phi) is 7.51. The number of halogens is 1. The van der Waals surface area contributed by atoms with Crippen molar-refractivity contribution in [3.8, 4) is 0 Å². The smallest absolute Gasteiger partial charge is 0.287 e. The molecule has 1 aromatic carbocycles. The summed E-state index contributed by atoms with van der Waals surface area (Å²) in [5.41, 5.74) is 1.19. The summed E-state index contributed by atoms with van der Waals surface area (Å²) in [6, 6.07) is 11.9. The van der Waals surface area contributed by atoms with Crippen LogP contribution in [0.25, 0.3) is 0 Å². The van der Waals surface area contributed by atoms with E-state index in [1.165, 1.54) is 37.7 Å². The van der Waals surface area contributed by atoms with Crippen LogP contribution >= 0.6 is 23.4 Å². The fourth-order valence-corrected chi connectivity index (χ4v) is 4.42. The Morgan fingerprint density at radius 3 is 2.62 bits per heavy atom. The average Bonchev–Trinajstić information content (AvgIpc) is 3.06. The highest BCUT2D eigenvalue weighted by atomic mass is 35.5. The van der Waals surface area contributed by atoms with E-state index < -0.39 is 0 Å². The summed E-state index contributed by atoms with van der Waals surface area (Å²) in [7, 11) is 0. The van der Waals surface area contributed by atoms with E-state index in [0.29, 0.717) is 5.76 Å². The first-order valence-corrected chi connectivity index (χ1v) is 11.0. The van der Waals surface area contributed by atoms with Crippen LogP contribution in [0.1, 0.15) is 66.8 Å². The lowest BCUT2D eigenvalue weighted by Crippen LogP contribution is -2.35. The van der Waals surface area contributed by atoms with Gasteiger partial charge in [-0.2, -0.15) is 0 Å². The molecule has 1 saturated carbocycles. The molecule has 0 spiro atoms. The Hall–Kier alpha value is -1.39. The third-order valence-corrected chi connectivity index (χ3v) is 5.99. The number of amides is 1. The first kappa shape index (κ1) is 19.4. The van der Waals surface area contributed by atoms with Crippen molar-refractivity contribution in [3.05, 3.63) is 58.5 Å². The predicted octanol–water partition coefficient (Wildman–Crippen LogP) is 6.21. The monoisotopic (exact) mass is 391 g/mol. The zero-order valence-electron chi connectivity index (χ0n) is 15.0. The maximum atomic E-state index is 12.4. The number of thioether (sulfide) groups is 1. The highest BCUT2D eigenvalue weighted by Gasteiger charge is 2.17. The van der Waals surface area contributed by atoms with Crippen LogP contribution in [-0.2, 0) is 11.5 Å². The molecule has 1 aliphatic carbocycles. The van der Waals surface area contributed by atoms with Gasteiger partial charge in [-0.15, -0.1) is 11.8 Å². The Bertz CT molecular complexity index is 708. The van der Waals surface area contributed by atoms with E-state index in [2.05, 4.69) is 11.4 Å². The molecule has 0 saturated heterocycles. The predicted molar refractivity (Wildman–Crippen MR) is 109 cm³/mol. The van der Waals surface area contributed by atoms with Gasteiger partial charge in [0.25, 0.3) is 5.91 Å². The van der Waals surface area contributed by atoms with Gasteiger partial charge in [0.05, 0.1) is 5.75 Å². The van der Waals surface area contributed by atoms with E-state index in [1.54, 1.807) is 17.8 Å². The van der Waals surface area contributed by atoms with Gasteiger partial charge in [0.2, 0.25) is 0 Å². The van der Waals surface area contributed by atoms with Crippen LogP contribution in [0.2, 0.25) is 5.02 Å². The Morgan fingerprint density at radius 2 is 1.85 bits per heavy atom. The van der Waals surface area contributed by atoms with Crippen molar-refractivity contribution in [2.75, 3.05) is 0 Å². The molecule has 1 heterocycles. The molecule has 26 heavy (non-hydrogen) atoms. The molecule has 1 amide bonds. The second-order valence-electron chi connectivity index (χ2n) is 6.90.